The van der Waals surface area contributed by atoms with Crippen LogP contribution in [-0.4, -0.2) is 90.4 Å². The van der Waals surface area contributed by atoms with E-state index < -0.39 is 38.8 Å². The first kappa shape index (κ1) is 26.3. The molecule has 194 valence electrons. The molecule has 3 heterocycles. The van der Waals surface area contributed by atoms with Crippen molar-refractivity contribution in [2.45, 2.75) is 35.9 Å². The van der Waals surface area contributed by atoms with Gasteiger partial charge in [-0.2, -0.15) is 8.42 Å². The van der Waals surface area contributed by atoms with Crippen LogP contribution in [0.15, 0.2) is 29.4 Å². The number of carbonyl (C=O) groups excluding carboxylic acids is 2. The number of hydrogen-bond donors (Lipinski definition) is 3. The van der Waals surface area contributed by atoms with Gasteiger partial charge >= 0.3 is 5.97 Å². The second kappa shape index (κ2) is 9.97. The first-order valence-corrected chi connectivity index (χ1v) is 14.2. The lowest BCUT2D eigenvalue weighted by Crippen LogP contribution is -2.74. The molecule has 4 N–H and O–H groups in total. The summed E-state index contributed by atoms with van der Waals surface area (Å²) in [4.78, 5) is 40.9. The summed E-state index contributed by atoms with van der Waals surface area (Å²) in [5, 5.41) is 20.2. The largest absolute Gasteiger partial charge is 0.481 e. The molecule has 2 amide bonds. The van der Waals surface area contributed by atoms with Crippen molar-refractivity contribution in [2.24, 2.45) is 11.1 Å². The van der Waals surface area contributed by atoms with E-state index in [-0.39, 0.29) is 41.6 Å². The predicted molar refractivity (Wildman–Crippen MR) is 129 cm³/mol. The van der Waals surface area contributed by atoms with Crippen molar-refractivity contribution in [3.63, 3.8) is 0 Å². The smallest absolute Gasteiger partial charge is 0.313 e. The van der Waals surface area contributed by atoms with Crippen LogP contribution in [0.1, 0.15) is 12.5 Å². The summed E-state index contributed by atoms with van der Waals surface area (Å²) in [6.45, 7) is 1.54. The van der Waals surface area contributed by atoms with Crippen molar-refractivity contribution in [2.75, 3.05) is 23.0 Å². The molecular weight excluding hydrogens is 534 g/mol. The molecule has 0 bridgehead atoms. The number of hydrogen-bond acceptors (Lipinski definition) is 11. The first-order valence-electron chi connectivity index (χ1n) is 10.5. The van der Waals surface area contributed by atoms with Crippen LogP contribution < -0.4 is 10.6 Å². The van der Waals surface area contributed by atoms with Crippen LogP contribution in [-0.2, 0) is 36.9 Å². The molecule has 0 radical (unpaired) electrons. The topological polar surface area (TPSA) is 202 Å². The third-order valence-corrected chi connectivity index (χ3v) is 9.27. The number of nitrogens with zero attached hydrogens (tertiary/aromatic N) is 6. The Hall–Kier alpha value is -2.73. The second-order valence-corrected chi connectivity index (χ2v) is 11.9. The van der Waals surface area contributed by atoms with E-state index in [0.29, 0.717) is 5.69 Å². The zero-order valence-electron chi connectivity index (χ0n) is 18.9. The lowest BCUT2D eigenvalue weighted by atomic mass is 9.89. The summed E-state index contributed by atoms with van der Waals surface area (Å²) in [6.07, 6.45) is 0. The highest BCUT2D eigenvalue weighted by atomic mass is 32.2. The van der Waals surface area contributed by atoms with Crippen LogP contribution in [0.3, 0.4) is 0 Å². The molecule has 2 unspecified atom stereocenters. The number of anilines is 1. The van der Waals surface area contributed by atoms with Gasteiger partial charge in [-0.3, -0.25) is 23.8 Å². The number of rotatable bonds is 9. The van der Waals surface area contributed by atoms with Crippen LogP contribution >= 0.6 is 23.5 Å². The van der Waals surface area contributed by atoms with Gasteiger partial charge in [0, 0.05) is 37.2 Å². The maximum absolute atomic E-state index is 13.2. The number of carbonyl (C=O) groups is 3. The molecule has 1 aromatic heterocycles. The fourth-order valence-electron chi connectivity index (χ4n) is 4.10. The highest BCUT2D eigenvalue weighted by molar-refractivity contribution is 8.00. The molecule has 2 fully saturated rings. The van der Waals surface area contributed by atoms with Crippen LogP contribution in [0.2, 0.25) is 0 Å². The standard InChI is InChI=1S/C19H23N7O7S3/c1-11(27)26(13-4-2-3-12(5-13)6-20)14-15(28)24-7-19(17(29)30,8-34-16(14)24)9-35-18-21-22-23-25(18)10-36(31,32)33/h2-5,14,16H,6-10,20H2,1H3,(H,29,30)(H,31,32,33)/t14?,16-,19?/m1/s1. The Kier molecular flexibility index (Phi) is 7.29. The molecule has 14 nitrogen and oxygen atoms in total. The Morgan fingerprint density at radius 3 is 2.78 bits per heavy atom. The van der Waals surface area contributed by atoms with Gasteiger partial charge in [0.2, 0.25) is 17.0 Å². The Morgan fingerprint density at radius 2 is 2.14 bits per heavy atom. The molecule has 2 aliphatic heterocycles. The van der Waals surface area contributed by atoms with Gasteiger partial charge in [0.1, 0.15) is 16.8 Å². The van der Waals surface area contributed by atoms with Gasteiger partial charge < -0.3 is 15.7 Å². The lowest BCUT2D eigenvalue weighted by molar-refractivity contribution is -0.156. The highest BCUT2D eigenvalue weighted by Crippen LogP contribution is 2.46. The maximum Gasteiger partial charge on any atom is 0.313 e. The van der Waals surface area contributed by atoms with Gasteiger partial charge in [-0.25, -0.2) is 4.68 Å². The summed E-state index contributed by atoms with van der Waals surface area (Å²) in [5.74, 6) is -2.62. The second-order valence-electron chi connectivity index (χ2n) is 8.42. The van der Waals surface area contributed by atoms with Gasteiger partial charge in [0.25, 0.3) is 10.1 Å². The predicted octanol–water partition coefficient (Wildman–Crippen LogP) is -0.523. The maximum atomic E-state index is 13.2. The van der Waals surface area contributed by atoms with Crippen LogP contribution in [0.4, 0.5) is 5.69 Å². The molecule has 1 aromatic carbocycles. The van der Waals surface area contributed by atoms with E-state index in [1.54, 1.807) is 18.2 Å². The van der Waals surface area contributed by atoms with E-state index >= 15 is 0 Å². The number of aromatic nitrogens is 4. The molecule has 2 aromatic rings. The zero-order valence-corrected chi connectivity index (χ0v) is 21.4. The van der Waals surface area contributed by atoms with Gasteiger partial charge in [-0.1, -0.05) is 23.9 Å². The number of carboxylic acids is 1. The SMILES string of the molecule is CC(=O)N(c1cccc(CN)c1)C1C(=O)N2CC(CSc3nnnn3CS(=O)(=O)O)(C(=O)O)CS[C@H]12. The number of tetrazole rings is 1. The molecule has 3 atom stereocenters. The van der Waals surface area contributed by atoms with E-state index in [2.05, 4.69) is 15.5 Å². The minimum Gasteiger partial charge on any atom is -0.481 e. The number of nitrogens with two attached hydrogens (primary N) is 1. The average molecular weight is 558 g/mol. The average Bonchev–Trinajstić information content (AvgIpc) is 3.25. The normalized spacial score (nSPS) is 23.6. The Labute approximate surface area is 214 Å². The summed E-state index contributed by atoms with van der Waals surface area (Å²) in [6, 6.07) is 6.27. The van der Waals surface area contributed by atoms with Gasteiger partial charge in [-0.05, 0) is 28.1 Å². The fraction of sp³-hybridized carbons (Fsp3) is 0.474. The Balaban J connectivity index is 1.51. The Bertz CT molecular complexity index is 1300. The summed E-state index contributed by atoms with van der Waals surface area (Å²) in [7, 11) is -4.41. The first-order chi connectivity index (χ1) is 17.0. The van der Waals surface area contributed by atoms with E-state index in [1.165, 1.54) is 28.5 Å². The molecule has 2 saturated heterocycles. The van der Waals surface area contributed by atoms with Gasteiger partial charge in [-0.15, -0.1) is 16.9 Å². The minimum absolute atomic E-state index is 0.00993. The van der Waals surface area contributed by atoms with Crippen molar-refractivity contribution in [1.29, 1.82) is 0 Å². The number of aliphatic carboxylic acids is 1. The molecule has 2 aliphatic rings. The molecule has 0 spiro atoms. The van der Waals surface area contributed by atoms with E-state index in [1.807, 2.05) is 6.07 Å². The van der Waals surface area contributed by atoms with Crippen LogP contribution in [0, 0.1) is 5.41 Å². The van der Waals surface area contributed by atoms with Gasteiger partial charge in [0.05, 0.1) is 0 Å². The monoisotopic (exact) mass is 557 g/mol. The van der Waals surface area contributed by atoms with Crippen LogP contribution in [0.5, 0.6) is 0 Å². The molecule has 4 rings (SSSR count). The lowest BCUT2D eigenvalue weighted by Gasteiger charge is -2.56. The summed E-state index contributed by atoms with van der Waals surface area (Å²) in [5.41, 5.74) is 5.69. The van der Waals surface area contributed by atoms with E-state index in [0.717, 1.165) is 22.0 Å². The van der Waals surface area contributed by atoms with Crippen molar-refractivity contribution < 1.29 is 32.5 Å². The number of β-lactam (4-membered cyclic amide) rings is 1. The third kappa shape index (κ3) is 5.06. The van der Waals surface area contributed by atoms with E-state index in [4.69, 9.17) is 10.3 Å². The summed E-state index contributed by atoms with van der Waals surface area (Å²) < 4.78 is 32.3. The van der Waals surface area contributed by atoms with Crippen molar-refractivity contribution >= 4 is 57.1 Å². The van der Waals surface area contributed by atoms with Crippen molar-refractivity contribution in [3.8, 4) is 0 Å². The fourth-order valence-corrected chi connectivity index (χ4v) is 7.44. The quantitative estimate of drug-likeness (QED) is 0.202. The molecule has 17 heteroatoms. The van der Waals surface area contributed by atoms with Crippen LogP contribution in [0.25, 0.3) is 0 Å². The highest BCUT2D eigenvalue weighted by Gasteiger charge is 2.59. The summed E-state index contributed by atoms with van der Waals surface area (Å²) >= 11 is 2.17. The number of thioether (sulfide) groups is 2. The van der Waals surface area contributed by atoms with Crippen molar-refractivity contribution in [1.82, 2.24) is 25.1 Å². The molecule has 36 heavy (non-hydrogen) atoms. The number of carboxylic acid groups (broad SMARTS) is 1. The molecule has 0 aliphatic carbocycles. The molecular formula is C19H23N7O7S3. The number of fused-ring (bicyclic) bond motifs is 1. The van der Waals surface area contributed by atoms with Crippen molar-refractivity contribution in [3.05, 3.63) is 29.8 Å². The Morgan fingerprint density at radius 1 is 1.39 bits per heavy atom. The molecule has 0 saturated carbocycles. The number of amides is 2. The zero-order chi connectivity index (χ0) is 26.3. The van der Waals surface area contributed by atoms with E-state index in [9.17, 15) is 27.9 Å². The van der Waals surface area contributed by atoms with Gasteiger partial charge in [0.15, 0.2) is 5.88 Å². The number of benzene rings is 1. The third-order valence-electron chi connectivity index (χ3n) is 5.87. The minimum atomic E-state index is -4.41.